The van der Waals surface area contributed by atoms with E-state index in [-0.39, 0.29) is 30.4 Å². The van der Waals surface area contributed by atoms with Crippen LogP contribution in [0.25, 0.3) is 11.1 Å². The van der Waals surface area contributed by atoms with Gasteiger partial charge in [0, 0.05) is 26.3 Å². The minimum absolute atomic E-state index is 0.0731. The van der Waals surface area contributed by atoms with E-state index in [1.807, 2.05) is 0 Å². The Bertz CT molecular complexity index is 962. The van der Waals surface area contributed by atoms with Gasteiger partial charge in [-0.15, -0.1) is 0 Å². The molecule has 2 atom stereocenters. The Labute approximate surface area is 173 Å². The molecule has 1 aliphatic heterocycles. The van der Waals surface area contributed by atoms with Gasteiger partial charge in [-0.3, -0.25) is 9.59 Å². The first-order valence-electron chi connectivity index (χ1n) is 9.34. The maximum atomic E-state index is 14.6. The summed E-state index contributed by atoms with van der Waals surface area (Å²) in [5.41, 5.74) is 1.75. The molecule has 156 valence electrons. The third-order valence-electron chi connectivity index (χ3n) is 4.78. The number of nitrogens with one attached hydrogen (secondary N) is 1. The minimum Gasteiger partial charge on any atom is -0.486 e. The number of ether oxygens (including phenoxy) is 2. The second kappa shape index (κ2) is 9.80. The van der Waals surface area contributed by atoms with Crippen LogP contribution in [-0.4, -0.2) is 61.3 Å². The van der Waals surface area contributed by atoms with E-state index in [0.29, 0.717) is 25.2 Å². The SMILES string of the molecule is COCC(=O)N1CCC(Oc2ccc(-c3ccnc(NC=O)c3)cc2C#N)C(F)C1. The highest BCUT2D eigenvalue weighted by molar-refractivity contribution is 5.77. The summed E-state index contributed by atoms with van der Waals surface area (Å²) >= 11 is 0. The molecule has 0 aliphatic carbocycles. The maximum absolute atomic E-state index is 14.6. The monoisotopic (exact) mass is 412 g/mol. The van der Waals surface area contributed by atoms with Gasteiger partial charge in [-0.2, -0.15) is 5.26 Å². The number of nitriles is 1. The summed E-state index contributed by atoms with van der Waals surface area (Å²) in [6, 6.07) is 10.5. The Hall–Kier alpha value is -3.51. The van der Waals surface area contributed by atoms with Crippen molar-refractivity contribution in [1.29, 1.82) is 5.26 Å². The molecule has 1 aromatic carbocycles. The Morgan fingerprint density at radius 2 is 2.20 bits per heavy atom. The topological polar surface area (TPSA) is 105 Å². The molecule has 2 amide bonds. The number of nitrogens with zero attached hydrogens (tertiary/aromatic N) is 3. The molecule has 1 aromatic heterocycles. The van der Waals surface area contributed by atoms with Crippen molar-refractivity contribution >= 4 is 18.1 Å². The second-order valence-electron chi connectivity index (χ2n) is 6.75. The van der Waals surface area contributed by atoms with Gasteiger partial charge < -0.3 is 19.7 Å². The van der Waals surface area contributed by atoms with Crippen LogP contribution in [0.4, 0.5) is 10.2 Å². The van der Waals surface area contributed by atoms with Crippen LogP contribution < -0.4 is 10.1 Å². The maximum Gasteiger partial charge on any atom is 0.248 e. The first-order valence-corrected chi connectivity index (χ1v) is 9.34. The lowest BCUT2D eigenvalue weighted by Crippen LogP contribution is -2.50. The number of anilines is 1. The van der Waals surface area contributed by atoms with Gasteiger partial charge in [0.2, 0.25) is 12.3 Å². The lowest BCUT2D eigenvalue weighted by atomic mass is 10.0. The van der Waals surface area contributed by atoms with Crippen LogP contribution in [0, 0.1) is 11.3 Å². The number of benzene rings is 1. The van der Waals surface area contributed by atoms with Crippen LogP contribution in [0.2, 0.25) is 0 Å². The summed E-state index contributed by atoms with van der Waals surface area (Å²) < 4.78 is 25.2. The Balaban J connectivity index is 1.73. The van der Waals surface area contributed by atoms with E-state index in [9.17, 15) is 19.2 Å². The normalized spacial score (nSPS) is 18.4. The van der Waals surface area contributed by atoms with Crippen molar-refractivity contribution < 1.29 is 23.5 Å². The number of piperidine rings is 1. The summed E-state index contributed by atoms with van der Waals surface area (Å²) in [5.74, 6) is 0.406. The quantitative estimate of drug-likeness (QED) is 0.699. The smallest absolute Gasteiger partial charge is 0.248 e. The number of pyridine rings is 1. The molecular formula is C21H21FN4O4. The van der Waals surface area contributed by atoms with E-state index in [0.717, 1.165) is 11.1 Å². The van der Waals surface area contributed by atoms with Crippen molar-refractivity contribution in [2.75, 3.05) is 32.1 Å². The van der Waals surface area contributed by atoms with E-state index < -0.39 is 12.3 Å². The van der Waals surface area contributed by atoms with E-state index in [1.165, 1.54) is 12.0 Å². The van der Waals surface area contributed by atoms with Gasteiger partial charge in [0.05, 0.1) is 12.1 Å². The molecule has 0 saturated carbocycles. The molecule has 3 rings (SSSR count). The molecule has 1 aliphatic rings. The zero-order chi connectivity index (χ0) is 21.5. The van der Waals surface area contributed by atoms with Crippen LogP contribution in [0.15, 0.2) is 36.5 Å². The van der Waals surface area contributed by atoms with E-state index >= 15 is 0 Å². The number of alkyl halides is 1. The van der Waals surface area contributed by atoms with Crippen LogP contribution in [0.1, 0.15) is 12.0 Å². The van der Waals surface area contributed by atoms with E-state index in [2.05, 4.69) is 16.4 Å². The number of halogens is 1. The molecule has 0 radical (unpaired) electrons. The molecule has 2 aromatic rings. The highest BCUT2D eigenvalue weighted by Crippen LogP contribution is 2.29. The minimum atomic E-state index is -1.37. The van der Waals surface area contributed by atoms with Gasteiger partial charge in [0.25, 0.3) is 0 Å². The number of hydrogen-bond acceptors (Lipinski definition) is 6. The molecule has 0 spiro atoms. The zero-order valence-electron chi connectivity index (χ0n) is 16.4. The predicted molar refractivity (Wildman–Crippen MR) is 106 cm³/mol. The Kier molecular flexibility index (Phi) is 6.93. The lowest BCUT2D eigenvalue weighted by molar-refractivity contribution is -0.139. The van der Waals surface area contributed by atoms with Gasteiger partial charge in [-0.05, 0) is 35.4 Å². The third-order valence-corrected chi connectivity index (χ3v) is 4.78. The highest BCUT2D eigenvalue weighted by Gasteiger charge is 2.33. The fraction of sp³-hybridized carbons (Fsp3) is 0.333. The predicted octanol–water partition coefficient (Wildman–Crippen LogP) is 2.15. The number of hydrogen-bond donors (Lipinski definition) is 1. The van der Waals surface area contributed by atoms with Crippen LogP contribution in [0.3, 0.4) is 0 Å². The number of likely N-dealkylation sites (tertiary alicyclic amines) is 1. The molecule has 1 fully saturated rings. The van der Waals surface area contributed by atoms with Crippen LogP contribution in [0.5, 0.6) is 5.75 Å². The van der Waals surface area contributed by atoms with Crippen molar-refractivity contribution in [3.63, 3.8) is 0 Å². The Morgan fingerprint density at radius 1 is 1.40 bits per heavy atom. The average Bonchev–Trinajstić information content (AvgIpc) is 2.76. The number of carbonyl (C=O) groups is 2. The standard InChI is InChI=1S/C21H21FN4O4/c1-29-12-21(28)26-7-5-19(17(22)11-26)30-18-3-2-14(8-16(18)10-23)15-4-6-24-20(9-15)25-13-27/h2-4,6,8-9,13,17,19H,5,7,11-12H2,1H3,(H,24,25,27). The first kappa shape index (κ1) is 21.2. The van der Waals surface area contributed by atoms with Crippen molar-refractivity contribution in [3.8, 4) is 22.9 Å². The number of carbonyl (C=O) groups excluding carboxylic acids is 2. The number of methoxy groups -OCH3 is 1. The van der Waals surface area contributed by atoms with Gasteiger partial charge in [0.15, 0.2) is 6.17 Å². The molecule has 2 heterocycles. The van der Waals surface area contributed by atoms with Crippen LogP contribution >= 0.6 is 0 Å². The van der Waals surface area contributed by atoms with Crippen molar-refractivity contribution in [3.05, 3.63) is 42.1 Å². The molecule has 8 nitrogen and oxygen atoms in total. The molecular weight excluding hydrogens is 391 g/mol. The molecule has 0 bridgehead atoms. The summed E-state index contributed by atoms with van der Waals surface area (Å²) in [6.07, 6.45) is 0.269. The molecule has 1 saturated heterocycles. The largest absolute Gasteiger partial charge is 0.486 e. The first-order chi connectivity index (χ1) is 14.5. The molecule has 2 unspecified atom stereocenters. The fourth-order valence-corrected chi connectivity index (χ4v) is 3.27. The fourth-order valence-electron chi connectivity index (χ4n) is 3.27. The van der Waals surface area contributed by atoms with Gasteiger partial charge in [-0.25, -0.2) is 9.37 Å². The van der Waals surface area contributed by atoms with Crippen molar-refractivity contribution in [1.82, 2.24) is 9.88 Å². The Morgan fingerprint density at radius 3 is 2.90 bits per heavy atom. The zero-order valence-corrected chi connectivity index (χ0v) is 16.4. The average molecular weight is 412 g/mol. The lowest BCUT2D eigenvalue weighted by Gasteiger charge is -2.34. The third kappa shape index (κ3) is 4.90. The van der Waals surface area contributed by atoms with Gasteiger partial charge >= 0.3 is 0 Å². The van der Waals surface area contributed by atoms with E-state index in [4.69, 9.17) is 9.47 Å². The summed E-state index contributed by atoms with van der Waals surface area (Å²) in [6.45, 7) is 0.199. The highest BCUT2D eigenvalue weighted by atomic mass is 19.1. The summed E-state index contributed by atoms with van der Waals surface area (Å²) in [4.78, 5) is 27.9. The summed E-state index contributed by atoms with van der Waals surface area (Å²) in [7, 11) is 1.42. The molecule has 1 N–H and O–H groups in total. The van der Waals surface area contributed by atoms with Crippen molar-refractivity contribution in [2.45, 2.75) is 18.7 Å². The number of rotatable bonds is 7. The van der Waals surface area contributed by atoms with E-state index in [1.54, 1.807) is 36.5 Å². The summed E-state index contributed by atoms with van der Waals surface area (Å²) in [5, 5.41) is 12.0. The molecule has 30 heavy (non-hydrogen) atoms. The van der Waals surface area contributed by atoms with Crippen LogP contribution in [-0.2, 0) is 14.3 Å². The molecule has 9 heteroatoms. The van der Waals surface area contributed by atoms with Gasteiger partial charge in [0.1, 0.15) is 30.3 Å². The number of aromatic nitrogens is 1. The van der Waals surface area contributed by atoms with Crippen molar-refractivity contribution in [2.24, 2.45) is 0 Å². The number of amides is 2. The second-order valence-corrected chi connectivity index (χ2v) is 6.75. The van der Waals surface area contributed by atoms with Gasteiger partial charge in [-0.1, -0.05) is 6.07 Å².